The lowest BCUT2D eigenvalue weighted by Gasteiger charge is -2.23. The molecule has 2 heterocycles. The number of hydrogen-bond donors (Lipinski definition) is 2. The Morgan fingerprint density at radius 3 is 3.06 bits per heavy atom. The molecule has 1 aromatic rings. The molecule has 3 rings (SSSR count). The summed E-state index contributed by atoms with van der Waals surface area (Å²) in [5, 5.41) is 10.1. The van der Waals surface area contributed by atoms with Crippen molar-refractivity contribution < 1.29 is 9.32 Å². The first kappa shape index (κ1) is 10.8. The highest BCUT2D eigenvalue weighted by Gasteiger charge is 2.29. The number of piperidine rings is 1. The Balaban J connectivity index is 1.59. The molecular formula is C12H17N3O2. The van der Waals surface area contributed by atoms with Gasteiger partial charge in [0, 0.05) is 24.6 Å². The van der Waals surface area contributed by atoms with Gasteiger partial charge < -0.3 is 15.2 Å². The molecule has 5 nitrogen and oxygen atoms in total. The Bertz CT molecular complexity index is 406. The number of carbonyl (C=O) groups excluding carboxylic acids is 1. The molecule has 1 unspecified atom stereocenters. The Hall–Kier alpha value is -1.36. The molecule has 0 aromatic carbocycles. The van der Waals surface area contributed by atoms with Crippen molar-refractivity contribution in [2.45, 2.75) is 37.6 Å². The van der Waals surface area contributed by atoms with Crippen LogP contribution in [0.15, 0.2) is 10.6 Å². The molecule has 1 aromatic heterocycles. The highest BCUT2D eigenvalue weighted by Crippen LogP contribution is 2.40. The lowest BCUT2D eigenvalue weighted by Crippen LogP contribution is -2.45. The van der Waals surface area contributed by atoms with Crippen molar-refractivity contribution >= 4 is 5.91 Å². The van der Waals surface area contributed by atoms with Gasteiger partial charge in [0.25, 0.3) is 5.91 Å². The Morgan fingerprint density at radius 1 is 1.47 bits per heavy atom. The fraction of sp³-hybridized carbons (Fsp3) is 0.667. The zero-order valence-electron chi connectivity index (χ0n) is 9.74. The second-order valence-corrected chi connectivity index (χ2v) is 4.91. The first-order chi connectivity index (χ1) is 8.33. The summed E-state index contributed by atoms with van der Waals surface area (Å²) in [5.74, 6) is 1.24. The highest BCUT2D eigenvalue weighted by atomic mass is 16.5. The topological polar surface area (TPSA) is 67.2 Å². The van der Waals surface area contributed by atoms with E-state index >= 15 is 0 Å². The average Bonchev–Trinajstić information content (AvgIpc) is 3.08. The molecule has 0 spiro atoms. The average molecular weight is 235 g/mol. The molecule has 1 aliphatic heterocycles. The third-order valence-corrected chi connectivity index (χ3v) is 3.37. The van der Waals surface area contributed by atoms with Gasteiger partial charge in [0.05, 0.1) is 0 Å². The maximum Gasteiger partial charge on any atom is 0.273 e. The van der Waals surface area contributed by atoms with Crippen LogP contribution in [0.4, 0.5) is 0 Å². The van der Waals surface area contributed by atoms with Crippen LogP contribution in [0.1, 0.15) is 47.8 Å². The van der Waals surface area contributed by atoms with E-state index in [-0.39, 0.29) is 11.9 Å². The molecule has 17 heavy (non-hydrogen) atoms. The summed E-state index contributed by atoms with van der Waals surface area (Å²) in [6, 6.07) is 2.00. The number of nitrogens with one attached hydrogen (secondary N) is 2. The maximum absolute atomic E-state index is 11.9. The minimum atomic E-state index is -0.116. The van der Waals surface area contributed by atoms with Gasteiger partial charge in [0.1, 0.15) is 5.76 Å². The van der Waals surface area contributed by atoms with Crippen LogP contribution in [0.3, 0.4) is 0 Å². The van der Waals surface area contributed by atoms with Gasteiger partial charge in [0.15, 0.2) is 5.69 Å². The Kier molecular flexibility index (Phi) is 2.84. The summed E-state index contributed by atoms with van der Waals surface area (Å²) in [6.07, 6.45) is 4.45. The zero-order valence-corrected chi connectivity index (χ0v) is 9.74. The normalized spacial score (nSPS) is 24.6. The minimum Gasteiger partial charge on any atom is -0.360 e. The summed E-state index contributed by atoms with van der Waals surface area (Å²) >= 11 is 0. The third kappa shape index (κ3) is 2.49. The molecule has 1 amide bonds. The van der Waals surface area contributed by atoms with Crippen molar-refractivity contribution in [2.24, 2.45) is 0 Å². The van der Waals surface area contributed by atoms with Gasteiger partial charge in [-0.3, -0.25) is 4.79 Å². The van der Waals surface area contributed by atoms with Gasteiger partial charge in [-0.25, -0.2) is 0 Å². The van der Waals surface area contributed by atoms with E-state index in [4.69, 9.17) is 4.52 Å². The van der Waals surface area contributed by atoms with Crippen molar-refractivity contribution in [3.8, 4) is 0 Å². The van der Waals surface area contributed by atoms with Crippen molar-refractivity contribution in [1.29, 1.82) is 0 Å². The molecule has 1 saturated heterocycles. The molecule has 1 atom stereocenters. The van der Waals surface area contributed by atoms with E-state index in [1.807, 2.05) is 0 Å². The second-order valence-electron chi connectivity index (χ2n) is 4.91. The number of aromatic nitrogens is 1. The van der Waals surface area contributed by atoms with Crippen LogP contribution in [-0.4, -0.2) is 30.2 Å². The number of rotatable bonds is 3. The number of hydrogen-bond acceptors (Lipinski definition) is 4. The SMILES string of the molecule is O=C(NC1CCCNC1)c1cc(C2CC2)on1. The molecule has 2 N–H and O–H groups in total. The predicted octanol–water partition coefficient (Wildman–Crippen LogP) is 1.03. The predicted molar refractivity (Wildman–Crippen MR) is 61.8 cm³/mol. The van der Waals surface area contributed by atoms with Crippen molar-refractivity contribution in [1.82, 2.24) is 15.8 Å². The Labute approximate surface area is 99.9 Å². The summed E-state index contributed by atoms with van der Waals surface area (Å²) < 4.78 is 5.17. The highest BCUT2D eigenvalue weighted by molar-refractivity contribution is 5.92. The minimum absolute atomic E-state index is 0.116. The van der Waals surface area contributed by atoms with Crippen molar-refractivity contribution in [2.75, 3.05) is 13.1 Å². The molecule has 5 heteroatoms. The van der Waals surface area contributed by atoms with Crippen LogP contribution in [-0.2, 0) is 0 Å². The van der Waals surface area contributed by atoms with Crippen LogP contribution in [0.25, 0.3) is 0 Å². The lowest BCUT2D eigenvalue weighted by atomic mass is 10.1. The van der Waals surface area contributed by atoms with E-state index in [1.165, 1.54) is 0 Å². The second kappa shape index (κ2) is 4.49. The van der Waals surface area contributed by atoms with E-state index in [2.05, 4.69) is 15.8 Å². The van der Waals surface area contributed by atoms with Gasteiger partial charge in [-0.1, -0.05) is 5.16 Å². The zero-order chi connectivity index (χ0) is 11.7. The summed E-state index contributed by atoms with van der Waals surface area (Å²) in [4.78, 5) is 11.9. The summed E-state index contributed by atoms with van der Waals surface area (Å²) in [7, 11) is 0. The number of nitrogens with zero attached hydrogens (tertiary/aromatic N) is 1. The standard InChI is InChI=1S/C12H17N3O2/c16-12(14-9-2-1-5-13-7-9)10-6-11(17-15-10)8-3-4-8/h6,8-9,13H,1-5,7H2,(H,14,16). The van der Waals surface area contributed by atoms with Crippen molar-refractivity contribution in [3.63, 3.8) is 0 Å². The van der Waals surface area contributed by atoms with Crippen LogP contribution in [0.2, 0.25) is 0 Å². The largest absolute Gasteiger partial charge is 0.360 e. The van der Waals surface area contributed by atoms with Gasteiger partial charge >= 0.3 is 0 Å². The van der Waals surface area contributed by atoms with Crippen LogP contribution in [0, 0.1) is 0 Å². The number of carbonyl (C=O) groups is 1. The van der Waals surface area contributed by atoms with Crippen LogP contribution < -0.4 is 10.6 Å². The fourth-order valence-corrected chi connectivity index (χ4v) is 2.19. The van der Waals surface area contributed by atoms with Crippen LogP contribution >= 0.6 is 0 Å². The van der Waals surface area contributed by atoms with Gasteiger partial charge in [0.2, 0.25) is 0 Å². The van der Waals surface area contributed by atoms with E-state index in [0.717, 1.165) is 44.5 Å². The smallest absolute Gasteiger partial charge is 0.273 e. The van der Waals surface area contributed by atoms with Gasteiger partial charge in [-0.15, -0.1) is 0 Å². The molecule has 0 bridgehead atoms. The quantitative estimate of drug-likeness (QED) is 0.821. The third-order valence-electron chi connectivity index (χ3n) is 3.37. The Morgan fingerprint density at radius 2 is 2.35 bits per heavy atom. The molecule has 92 valence electrons. The summed E-state index contributed by atoms with van der Waals surface area (Å²) in [5.41, 5.74) is 0.414. The van der Waals surface area contributed by atoms with E-state index in [1.54, 1.807) is 6.07 Å². The first-order valence-electron chi connectivity index (χ1n) is 6.31. The molecule has 1 aliphatic carbocycles. The first-order valence-corrected chi connectivity index (χ1v) is 6.31. The maximum atomic E-state index is 11.9. The fourth-order valence-electron chi connectivity index (χ4n) is 2.19. The molecule has 1 saturated carbocycles. The summed E-state index contributed by atoms with van der Waals surface area (Å²) in [6.45, 7) is 1.89. The molecule has 2 aliphatic rings. The molecule has 2 fully saturated rings. The van der Waals surface area contributed by atoms with Gasteiger partial charge in [-0.2, -0.15) is 0 Å². The van der Waals surface area contributed by atoms with Gasteiger partial charge in [-0.05, 0) is 32.2 Å². The van der Waals surface area contributed by atoms with E-state index in [9.17, 15) is 4.79 Å². The lowest BCUT2D eigenvalue weighted by molar-refractivity contribution is 0.0921. The van der Waals surface area contributed by atoms with E-state index in [0.29, 0.717) is 11.6 Å². The van der Waals surface area contributed by atoms with E-state index < -0.39 is 0 Å². The number of amides is 1. The van der Waals surface area contributed by atoms with Crippen LogP contribution in [0.5, 0.6) is 0 Å². The monoisotopic (exact) mass is 235 g/mol. The molecule has 0 radical (unpaired) electrons. The van der Waals surface area contributed by atoms with Crippen molar-refractivity contribution in [3.05, 3.63) is 17.5 Å². The molecular weight excluding hydrogens is 218 g/mol.